The molecule has 1 N–H and O–H groups in total. The van der Waals surface area contributed by atoms with Crippen molar-refractivity contribution < 1.29 is 9.90 Å². The van der Waals surface area contributed by atoms with Crippen LogP contribution in [0, 0.1) is 5.41 Å². The van der Waals surface area contributed by atoms with E-state index in [2.05, 4.69) is 29.8 Å². The van der Waals surface area contributed by atoms with Gasteiger partial charge in [-0.3, -0.25) is 9.69 Å². The number of likely N-dealkylation sites (tertiary alicyclic amines) is 2. The van der Waals surface area contributed by atoms with E-state index in [9.17, 15) is 9.90 Å². The Labute approximate surface area is 200 Å². The summed E-state index contributed by atoms with van der Waals surface area (Å²) in [5, 5.41) is 13.0. The predicted octanol–water partition coefficient (Wildman–Crippen LogP) is 4.97. The van der Waals surface area contributed by atoms with Gasteiger partial charge in [0.15, 0.2) is 0 Å². The molecule has 2 aliphatic heterocycles. The van der Waals surface area contributed by atoms with Gasteiger partial charge in [-0.05, 0) is 67.8 Å². The Kier molecular flexibility index (Phi) is 7.55. The summed E-state index contributed by atoms with van der Waals surface area (Å²) in [4.78, 5) is 22.2. The van der Waals surface area contributed by atoms with E-state index in [0.29, 0.717) is 18.0 Å². The summed E-state index contributed by atoms with van der Waals surface area (Å²) in [5.74, 6) is 0.457. The number of aromatic nitrogens is 1. The lowest BCUT2D eigenvalue weighted by Gasteiger charge is -2.47. The number of benzene rings is 1. The Morgan fingerprint density at radius 3 is 2.72 bits per heavy atom. The van der Waals surface area contributed by atoms with Crippen LogP contribution in [0.5, 0.6) is 0 Å². The van der Waals surface area contributed by atoms with Crippen LogP contribution >= 0.6 is 22.9 Å². The molecule has 0 saturated carbocycles. The summed E-state index contributed by atoms with van der Waals surface area (Å²) < 4.78 is 0. The minimum Gasteiger partial charge on any atom is -0.396 e. The smallest absolute Gasteiger partial charge is 0.273 e. The zero-order valence-corrected chi connectivity index (χ0v) is 20.7. The Hall–Kier alpha value is -1.47. The van der Waals surface area contributed by atoms with Gasteiger partial charge in [0.05, 0.1) is 5.01 Å². The number of rotatable bonds is 6. The molecule has 0 aliphatic carbocycles. The van der Waals surface area contributed by atoms with Gasteiger partial charge < -0.3 is 10.0 Å². The number of aliphatic hydroxyl groups excluding tert-OH is 1. The molecule has 2 saturated heterocycles. The third kappa shape index (κ3) is 5.36. The van der Waals surface area contributed by atoms with Crippen molar-refractivity contribution in [2.24, 2.45) is 5.41 Å². The van der Waals surface area contributed by atoms with E-state index in [0.717, 1.165) is 73.1 Å². The average Bonchev–Trinajstić information content (AvgIpc) is 3.28. The molecule has 1 aromatic carbocycles. The van der Waals surface area contributed by atoms with Crippen LogP contribution in [0.25, 0.3) is 0 Å². The molecule has 32 heavy (non-hydrogen) atoms. The standard InChI is InChI=1S/C25H34ClN3O2S/c1-18(2)23-27-22(16-32-23)24(31)29-10-3-7-25(17-29)8-11-28(12-9-25)15-20-14-19(6-13-30)4-5-21(20)26/h4-5,14,16,18,30H,3,6-13,15,17H2,1-2H3. The number of hydrogen-bond donors (Lipinski definition) is 1. The number of hydrogen-bond acceptors (Lipinski definition) is 5. The fourth-order valence-corrected chi connectivity index (χ4v) is 6.05. The molecule has 5 nitrogen and oxygen atoms in total. The van der Waals surface area contributed by atoms with Crippen molar-refractivity contribution in [1.82, 2.24) is 14.8 Å². The van der Waals surface area contributed by atoms with Crippen molar-refractivity contribution in [2.45, 2.75) is 58.4 Å². The van der Waals surface area contributed by atoms with Crippen molar-refractivity contribution in [2.75, 3.05) is 32.8 Å². The van der Waals surface area contributed by atoms with E-state index < -0.39 is 0 Å². The van der Waals surface area contributed by atoms with Crippen molar-refractivity contribution >= 4 is 28.8 Å². The highest BCUT2D eigenvalue weighted by atomic mass is 35.5. The number of aliphatic hydroxyl groups is 1. The number of thiazole rings is 1. The van der Waals surface area contributed by atoms with E-state index in [4.69, 9.17) is 11.6 Å². The molecule has 2 fully saturated rings. The van der Waals surface area contributed by atoms with Crippen LogP contribution in [0.1, 0.15) is 72.1 Å². The third-order valence-electron chi connectivity index (χ3n) is 7.00. The van der Waals surface area contributed by atoms with E-state index in [1.165, 1.54) is 6.42 Å². The Bertz CT molecular complexity index is 937. The summed E-state index contributed by atoms with van der Waals surface area (Å²) in [5.41, 5.74) is 3.11. The maximum Gasteiger partial charge on any atom is 0.273 e. The van der Waals surface area contributed by atoms with E-state index in [1.807, 2.05) is 22.4 Å². The van der Waals surface area contributed by atoms with Crippen molar-refractivity contribution in [3.63, 3.8) is 0 Å². The van der Waals surface area contributed by atoms with Crippen LogP contribution in [0.15, 0.2) is 23.6 Å². The van der Waals surface area contributed by atoms with Gasteiger partial charge in [-0.2, -0.15) is 0 Å². The summed E-state index contributed by atoms with van der Waals surface area (Å²) in [6, 6.07) is 6.07. The first-order chi connectivity index (χ1) is 15.4. The molecular formula is C25H34ClN3O2S. The maximum atomic E-state index is 13.1. The normalized spacial score (nSPS) is 19.1. The van der Waals surface area contributed by atoms with Gasteiger partial charge in [0, 0.05) is 42.6 Å². The quantitative estimate of drug-likeness (QED) is 0.640. The first-order valence-corrected chi connectivity index (χ1v) is 13.0. The summed E-state index contributed by atoms with van der Waals surface area (Å²) >= 11 is 8.05. The molecule has 2 aliphatic rings. The minimum absolute atomic E-state index is 0.0992. The van der Waals surface area contributed by atoms with Gasteiger partial charge in [0.1, 0.15) is 5.69 Å². The SMILES string of the molecule is CC(C)c1nc(C(=O)N2CCCC3(CCN(Cc4cc(CCO)ccc4Cl)CC3)C2)cs1. The van der Waals surface area contributed by atoms with Crippen LogP contribution in [-0.2, 0) is 13.0 Å². The summed E-state index contributed by atoms with van der Waals surface area (Å²) in [6.45, 7) is 8.97. The molecule has 0 bridgehead atoms. The number of carbonyl (C=O) groups excluding carboxylic acids is 1. The molecule has 3 heterocycles. The van der Waals surface area contributed by atoms with Crippen LogP contribution in [0.3, 0.4) is 0 Å². The molecule has 0 unspecified atom stereocenters. The van der Waals surface area contributed by atoms with E-state index in [-0.39, 0.29) is 17.9 Å². The highest BCUT2D eigenvalue weighted by Crippen LogP contribution is 2.40. The molecule has 0 radical (unpaired) electrons. The van der Waals surface area contributed by atoms with Gasteiger partial charge >= 0.3 is 0 Å². The zero-order chi connectivity index (χ0) is 22.7. The Morgan fingerprint density at radius 1 is 1.25 bits per heavy atom. The second-order valence-corrected chi connectivity index (χ2v) is 11.0. The molecule has 2 aromatic rings. The first kappa shape index (κ1) is 23.7. The third-order valence-corrected chi connectivity index (χ3v) is 8.52. The summed E-state index contributed by atoms with van der Waals surface area (Å²) in [7, 11) is 0. The average molecular weight is 476 g/mol. The molecule has 174 valence electrons. The fourth-order valence-electron chi connectivity index (χ4n) is 5.06. The molecule has 7 heteroatoms. The van der Waals surface area contributed by atoms with Crippen LogP contribution in [-0.4, -0.2) is 58.6 Å². The molecule has 1 amide bonds. The van der Waals surface area contributed by atoms with Gasteiger partial charge in [-0.25, -0.2) is 4.98 Å². The Morgan fingerprint density at radius 2 is 2.03 bits per heavy atom. The number of nitrogens with zero attached hydrogens (tertiary/aromatic N) is 3. The van der Waals surface area contributed by atoms with E-state index >= 15 is 0 Å². The monoisotopic (exact) mass is 475 g/mol. The second-order valence-electron chi connectivity index (χ2n) is 9.73. The minimum atomic E-state index is 0.0992. The zero-order valence-electron chi connectivity index (χ0n) is 19.1. The van der Waals surface area contributed by atoms with Crippen molar-refractivity contribution in [3.05, 3.63) is 50.4 Å². The van der Waals surface area contributed by atoms with Crippen LogP contribution < -0.4 is 0 Å². The highest BCUT2D eigenvalue weighted by Gasteiger charge is 2.40. The fraction of sp³-hybridized carbons (Fsp3) is 0.600. The lowest BCUT2D eigenvalue weighted by Crippen LogP contribution is -2.51. The Balaban J connectivity index is 1.36. The van der Waals surface area contributed by atoms with Gasteiger partial charge in [0.2, 0.25) is 0 Å². The number of piperidine rings is 2. The molecule has 1 aromatic heterocycles. The number of halogens is 1. The lowest BCUT2D eigenvalue weighted by molar-refractivity contribution is 0.0195. The number of amides is 1. The van der Waals surface area contributed by atoms with E-state index in [1.54, 1.807) is 11.3 Å². The molecule has 1 spiro atoms. The molecular weight excluding hydrogens is 442 g/mol. The van der Waals surface area contributed by atoms with Gasteiger partial charge in [0.25, 0.3) is 5.91 Å². The predicted molar refractivity (Wildman–Crippen MR) is 131 cm³/mol. The summed E-state index contributed by atoms with van der Waals surface area (Å²) in [6.07, 6.45) is 5.15. The van der Waals surface area contributed by atoms with Gasteiger partial charge in [-0.15, -0.1) is 11.3 Å². The lowest BCUT2D eigenvalue weighted by atomic mass is 9.72. The highest BCUT2D eigenvalue weighted by molar-refractivity contribution is 7.09. The van der Waals surface area contributed by atoms with Crippen LogP contribution in [0.4, 0.5) is 0 Å². The molecule has 4 rings (SSSR count). The molecule has 0 atom stereocenters. The second kappa shape index (κ2) is 10.2. The van der Waals surface area contributed by atoms with Crippen LogP contribution in [0.2, 0.25) is 5.02 Å². The van der Waals surface area contributed by atoms with Crippen molar-refractivity contribution in [1.29, 1.82) is 0 Å². The number of carbonyl (C=O) groups is 1. The first-order valence-electron chi connectivity index (χ1n) is 11.7. The largest absolute Gasteiger partial charge is 0.396 e. The topological polar surface area (TPSA) is 56.7 Å². The van der Waals surface area contributed by atoms with Gasteiger partial charge in [-0.1, -0.05) is 37.6 Å². The maximum absolute atomic E-state index is 13.1. The van der Waals surface area contributed by atoms with Crippen molar-refractivity contribution in [3.8, 4) is 0 Å².